The maximum Gasteiger partial charge on any atom is 0.303 e. The Kier molecular flexibility index (Phi) is 5.19. The van der Waals surface area contributed by atoms with Crippen molar-refractivity contribution in [2.45, 2.75) is 51.0 Å². The topological polar surface area (TPSA) is 74.6 Å². The molecule has 1 aliphatic rings. The third-order valence-corrected chi connectivity index (χ3v) is 2.73. The van der Waals surface area contributed by atoms with Crippen molar-refractivity contribution in [2.24, 2.45) is 0 Å². The molecule has 0 amide bonds. The van der Waals surface area contributed by atoms with Crippen molar-refractivity contribution in [1.29, 1.82) is 0 Å². The lowest BCUT2D eigenvalue weighted by Crippen LogP contribution is -2.01. The smallest absolute Gasteiger partial charge is 0.303 e. The standard InChI is InChI=1S/C12H18O4/c13-10-7-9(11(14)8-10)5-3-1-2-4-6-12(15)16/h7,10,13H,1-6,8H2,(H,15,16)/t10-/m0/s1. The van der Waals surface area contributed by atoms with E-state index in [1.165, 1.54) is 0 Å². The van der Waals surface area contributed by atoms with Crippen molar-refractivity contribution in [1.82, 2.24) is 0 Å². The van der Waals surface area contributed by atoms with E-state index >= 15 is 0 Å². The summed E-state index contributed by atoms with van der Waals surface area (Å²) in [4.78, 5) is 21.5. The van der Waals surface area contributed by atoms with Crippen LogP contribution in [0.5, 0.6) is 0 Å². The van der Waals surface area contributed by atoms with Gasteiger partial charge in [0, 0.05) is 12.8 Å². The molecule has 2 N–H and O–H groups in total. The van der Waals surface area contributed by atoms with Crippen LogP contribution in [-0.4, -0.2) is 28.1 Å². The van der Waals surface area contributed by atoms with E-state index in [-0.39, 0.29) is 18.6 Å². The van der Waals surface area contributed by atoms with Gasteiger partial charge in [-0.2, -0.15) is 0 Å². The third kappa shape index (κ3) is 4.57. The molecule has 1 atom stereocenters. The predicted octanol–water partition coefficient (Wildman–Crippen LogP) is 1.67. The van der Waals surface area contributed by atoms with Crippen molar-refractivity contribution < 1.29 is 19.8 Å². The Bertz CT molecular complexity index is 293. The number of carboxylic acids is 1. The number of rotatable bonds is 7. The van der Waals surface area contributed by atoms with E-state index in [0.717, 1.165) is 24.8 Å². The molecule has 4 heteroatoms. The Morgan fingerprint density at radius 2 is 2.00 bits per heavy atom. The molecule has 0 spiro atoms. The van der Waals surface area contributed by atoms with Crippen LogP contribution in [0.3, 0.4) is 0 Å². The van der Waals surface area contributed by atoms with E-state index in [1.807, 2.05) is 0 Å². The average molecular weight is 226 g/mol. The molecule has 0 saturated carbocycles. The van der Waals surface area contributed by atoms with Gasteiger partial charge in [-0.1, -0.05) is 12.8 Å². The fourth-order valence-electron chi connectivity index (χ4n) is 1.87. The molecule has 0 heterocycles. The maximum absolute atomic E-state index is 11.3. The molecule has 4 nitrogen and oxygen atoms in total. The van der Waals surface area contributed by atoms with Crippen molar-refractivity contribution in [3.05, 3.63) is 11.6 Å². The highest BCUT2D eigenvalue weighted by Gasteiger charge is 2.21. The number of carbonyl (C=O) groups is 2. The molecular formula is C12H18O4. The van der Waals surface area contributed by atoms with Crippen LogP contribution < -0.4 is 0 Å². The normalized spacial score (nSPS) is 19.9. The van der Waals surface area contributed by atoms with Gasteiger partial charge in [0.25, 0.3) is 0 Å². The van der Waals surface area contributed by atoms with Gasteiger partial charge in [0.05, 0.1) is 6.10 Å². The summed E-state index contributed by atoms with van der Waals surface area (Å²) in [6, 6.07) is 0. The maximum atomic E-state index is 11.3. The van der Waals surface area contributed by atoms with Crippen molar-refractivity contribution in [2.75, 3.05) is 0 Å². The molecule has 0 saturated heterocycles. The lowest BCUT2D eigenvalue weighted by Gasteiger charge is -2.00. The summed E-state index contributed by atoms with van der Waals surface area (Å²) in [5.74, 6) is -0.699. The zero-order chi connectivity index (χ0) is 12.0. The van der Waals surface area contributed by atoms with Crippen molar-refractivity contribution >= 4 is 11.8 Å². The number of aliphatic hydroxyl groups excluding tert-OH is 1. The quantitative estimate of drug-likeness (QED) is 0.647. The van der Waals surface area contributed by atoms with Crippen LogP contribution in [0.2, 0.25) is 0 Å². The van der Waals surface area contributed by atoms with Gasteiger partial charge in [0.15, 0.2) is 5.78 Å². The Labute approximate surface area is 95.0 Å². The molecule has 1 rings (SSSR count). The molecule has 0 aromatic rings. The number of aliphatic hydroxyl groups is 1. The van der Waals surface area contributed by atoms with Gasteiger partial charge < -0.3 is 10.2 Å². The van der Waals surface area contributed by atoms with Crippen LogP contribution in [0.25, 0.3) is 0 Å². The Morgan fingerprint density at radius 3 is 2.56 bits per heavy atom. The highest BCUT2D eigenvalue weighted by molar-refractivity contribution is 5.98. The molecule has 0 aliphatic heterocycles. The van der Waals surface area contributed by atoms with Crippen LogP contribution in [0.15, 0.2) is 11.6 Å². The van der Waals surface area contributed by atoms with E-state index in [0.29, 0.717) is 12.8 Å². The molecular weight excluding hydrogens is 208 g/mol. The van der Waals surface area contributed by atoms with Gasteiger partial charge in [-0.25, -0.2) is 0 Å². The summed E-state index contributed by atoms with van der Waals surface area (Å²) >= 11 is 0. The minimum Gasteiger partial charge on any atom is -0.481 e. The molecule has 0 aromatic carbocycles. The Balaban J connectivity index is 2.05. The minimum atomic E-state index is -0.753. The first-order valence-electron chi connectivity index (χ1n) is 5.73. The largest absolute Gasteiger partial charge is 0.481 e. The van der Waals surface area contributed by atoms with Gasteiger partial charge in [-0.3, -0.25) is 9.59 Å². The Hall–Kier alpha value is -1.16. The van der Waals surface area contributed by atoms with Gasteiger partial charge in [-0.15, -0.1) is 0 Å². The summed E-state index contributed by atoms with van der Waals surface area (Å²) < 4.78 is 0. The van der Waals surface area contributed by atoms with E-state index in [2.05, 4.69) is 0 Å². The number of hydrogen-bond donors (Lipinski definition) is 2. The van der Waals surface area contributed by atoms with Crippen molar-refractivity contribution in [3.8, 4) is 0 Å². The van der Waals surface area contributed by atoms with E-state index in [1.54, 1.807) is 6.08 Å². The highest BCUT2D eigenvalue weighted by atomic mass is 16.4. The molecule has 90 valence electrons. The van der Waals surface area contributed by atoms with Crippen LogP contribution in [-0.2, 0) is 9.59 Å². The van der Waals surface area contributed by atoms with E-state index in [9.17, 15) is 14.7 Å². The number of carbonyl (C=O) groups excluding carboxylic acids is 1. The summed E-state index contributed by atoms with van der Waals surface area (Å²) in [6.07, 6.45) is 5.63. The van der Waals surface area contributed by atoms with Gasteiger partial charge >= 0.3 is 5.97 Å². The van der Waals surface area contributed by atoms with E-state index < -0.39 is 12.1 Å². The molecule has 0 unspecified atom stereocenters. The number of unbranched alkanes of at least 4 members (excludes halogenated alkanes) is 3. The second-order valence-corrected chi connectivity index (χ2v) is 4.19. The second kappa shape index (κ2) is 6.43. The number of Topliss-reactive ketones (excluding diaryl/α,β-unsaturated/α-hetero) is 1. The minimum absolute atomic E-state index is 0.0537. The van der Waals surface area contributed by atoms with E-state index in [4.69, 9.17) is 5.11 Å². The predicted molar refractivity (Wildman–Crippen MR) is 59.1 cm³/mol. The monoisotopic (exact) mass is 226 g/mol. The molecule has 0 aromatic heterocycles. The van der Waals surface area contributed by atoms with Gasteiger partial charge in [0.1, 0.15) is 0 Å². The molecule has 0 bridgehead atoms. The second-order valence-electron chi connectivity index (χ2n) is 4.19. The molecule has 1 aliphatic carbocycles. The SMILES string of the molecule is O=C(O)CCCCCCC1=C[C@H](O)CC1=O. The van der Waals surface area contributed by atoms with Crippen LogP contribution >= 0.6 is 0 Å². The average Bonchev–Trinajstić information content (AvgIpc) is 2.50. The van der Waals surface area contributed by atoms with Crippen LogP contribution in [0.1, 0.15) is 44.9 Å². The summed E-state index contributed by atoms with van der Waals surface area (Å²) in [5, 5.41) is 17.6. The lowest BCUT2D eigenvalue weighted by atomic mass is 10.0. The number of allylic oxidation sites excluding steroid dienone is 1. The molecule has 0 radical (unpaired) electrons. The first-order chi connectivity index (χ1) is 7.59. The van der Waals surface area contributed by atoms with Crippen LogP contribution in [0.4, 0.5) is 0 Å². The fraction of sp³-hybridized carbons (Fsp3) is 0.667. The first kappa shape index (κ1) is 12.9. The number of aliphatic carboxylic acids is 1. The van der Waals surface area contributed by atoms with Crippen LogP contribution in [0, 0.1) is 0 Å². The number of ketones is 1. The Morgan fingerprint density at radius 1 is 1.31 bits per heavy atom. The zero-order valence-electron chi connectivity index (χ0n) is 9.32. The third-order valence-electron chi connectivity index (χ3n) is 2.73. The summed E-state index contributed by atoms with van der Waals surface area (Å²) in [7, 11) is 0. The highest BCUT2D eigenvalue weighted by Crippen LogP contribution is 2.20. The first-order valence-corrected chi connectivity index (χ1v) is 5.73. The number of hydrogen-bond acceptors (Lipinski definition) is 3. The fourth-order valence-corrected chi connectivity index (χ4v) is 1.87. The molecule has 0 fully saturated rings. The van der Waals surface area contributed by atoms with Crippen molar-refractivity contribution in [3.63, 3.8) is 0 Å². The summed E-state index contributed by atoms with van der Waals surface area (Å²) in [5.41, 5.74) is 0.741. The van der Waals surface area contributed by atoms with Gasteiger partial charge in [-0.05, 0) is 30.9 Å². The number of carboxylic acid groups (broad SMARTS) is 1. The summed E-state index contributed by atoms with van der Waals surface area (Å²) in [6.45, 7) is 0. The zero-order valence-corrected chi connectivity index (χ0v) is 9.32. The molecule has 16 heavy (non-hydrogen) atoms. The lowest BCUT2D eigenvalue weighted by molar-refractivity contribution is -0.137. The van der Waals surface area contributed by atoms with Gasteiger partial charge in [0.2, 0.25) is 0 Å².